The van der Waals surface area contributed by atoms with E-state index in [1.807, 2.05) is 12.2 Å². The number of alkyl halides is 4. The number of halogens is 4. The summed E-state index contributed by atoms with van der Waals surface area (Å²) in [6.07, 6.45) is 4.06. The van der Waals surface area contributed by atoms with E-state index in [0.29, 0.717) is 57.2 Å². The SMILES string of the molecule is Nc1nc(C2CC=CC(n3ccc4c(c3=O)C(F)CC(C3CC3)=C4)=C2CO)c2cc(-c3ccc(C(F)(F)F)cc3)[nH]c2n1. The largest absolute Gasteiger partial charge is 0.416 e. The molecule has 1 saturated carbocycles. The third-order valence-electron chi connectivity index (χ3n) is 8.55. The molecule has 0 saturated heterocycles. The predicted octanol–water partition coefficient (Wildman–Crippen LogP) is 6.54. The molecule has 220 valence electrons. The number of benzene rings is 1. The molecule has 3 heterocycles. The number of hydrogen-bond donors (Lipinski definition) is 3. The van der Waals surface area contributed by atoms with Crippen molar-refractivity contribution in [2.45, 2.75) is 43.9 Å². The number of aromatic nitrogens is 4. The maximum Gasteiger partial charge on any atom is 0.416 e. The van der Waals surface area contributed by atoms with E-state index in [2.05, 4.69) is 15.0 Å². The highest BCUT2D eigenvalue weighted by molar-refractivity contribution is 5.87. The first-order chi connectivity index (χ1) is 20.6. The Labute approximate surface area is 243 Å². The summed E-state index contributed by atoms with van der Waals surface area (Å²) < 4.78 is 56.0. The normalized spacial score (nSPS) is 20.4. The summed E-state index contributed by atoms with van der Waals surface area (Å²) in [7, 11) is 0. The summed E-state index contributed by atoms with van der Waals surface area (Å²) in [6, 6.07) is 8.23. The molecule has 2 unspecified atom stereocenters. The smallest absolute Gasteiger partial charge is 0.392 e. The van der Waals surface area contributed by atoms with Crippen LogP contribution in [-0.2, 0) is 6.18 Å². The van der Waals surface area contributed by atoms with Gasteiger partial charge in [0.05, 0.1) is 29.1 Å². The summed E-state index contributed by atoms with van der Waals surface area (Å²) in [5.74, 6) is -0.120. The summed E-state index contributed by atoms with van der Waals surface area (Å²) >= 11 is 0. The molecule has 0 radical (unpaired) electrons. The van der Waals surface area contributed by atoms with Gasteiger partial charge in [-0.2, -0.15) is 18.2 Å². The summed E-state index contributed by atoms with van der Waals surface area (Å²) in [5, 5.41) is 11.2. The highest BCUT2D eigenvalue weighted by Crippen LogP contribution is 2.45. The molecule has 1 aromatic carbocycles. The Hall–Kier alpha value is -4.51. The number of aliphatic hydroxyl groups is 1. The first-order valence-electron chi connectivity index (χ1n) is 14.1. The summed E-state index contributed by atoms with van der Waals surface area (Å²) in [4.78, 5) is 25.6. The molecule has 1 fully saturated rings. The maximum atomic E-state index is 15.4. The number of nitrogens with one attached hydrogen (secondary N) is 1. The summed E-state index contributed by atoms with van der Waals surface area (Å²) in [6.45, 7) is -0.403. The van der Waals surface area contributed by atoms with Crippen LogP contribution in [0.3, 0.4) is 0 Å². The molecule has 0 spiro atoms. The zero-order valence-corrected chi connectivity index (χ0v) is 22.8. The highest BCUT2D eigenvalue weighted by Gasteiger charge is 2.34. The topological polar surface area (TPSA) is 110 Å². The molecule has 2 atom stereocenters. The molecule has 7 nitrogen and oxygen atoms in total. The Morgan fingerprint density at radius 3 is 2.58 bits per heavy atom. The van der Waals surface area contributed by atoms with Crippen LogP contribution in [0.15, 0.2) is 70.7 Å². The standard InChI is InChI=1S/C32H27F4N5O2/c33-24-13-19(16-4-5-16)12-18-10-11-41(30(43)27(18)24)26-3-1-2-21(23(26)15-42)28-22-14-25(38-29(22)40-31(37)39-28)17-6-8-20(9-7-17)32(34,35)36/h1,3,6-12,14,16,21,24,42H,2,4-5,13,15H2,(H3,37,38,39,40). The zero-order valence-electron chi connectivity index (χ0n) is 22.8. The quantitative estimate of drug-likeness (QED) is 0.229. The Bertz CT molecular complexity index is 1910. The van der Waals surface area contributed by atoms with E-state index < -0.39 is 36.0 Å². The molecule has 43 heavy (non-hydrogen) atoms. The van der Waals surface area contributed by atoms with Gasteiger partial charge in [-0.3, -0.25) is 9.36 Å². The van der Waals surface area contributed by atoms with Crippen LogP contribution in [0.25, 0.3) is 34.1 Å². The fourth-order valence-corrected chi connectivity index (χ4v) is 6.26. The number of pyridine rings is 1. The average molecular weight is 590 g/mol. The van der Waals surface area contributed by atoms with Crippen molar-refractivity contribution < 1.29 is 22.7 Å². The van der Waals surface area contributed by atoms with E-state index in [-0.39, 0.29) is 17.9 Å². The Balaban J connectivity index is 1.31. The average Bonchev–Trinajstić information content (AvgIpc) is 3.75. The number of nitrogens with two attached hydrogens (primary N) is 1. The predicted molar refractivity (Wildman–Crippen MR) is 155 cm³/mol. The van der Waals surface area contributed by atoms with E-state index in [1.165, 1.54) is 16.7 Å². The van der Waals surface area contributed by atoms with E-state index >= 15 is 4.39 Å². The van der Waals surface area contributed by atoms with Crippen LogP contribution in [0.2, 0.25) is 0 Å². The van der Waals surface area contributed by atoms with Crippen molar-refractivity contribution in [3.8, 4) is 11.3 Å². The van der Waals surface area contributed by atoms with Gasteiger partial charge in [0, 0.05) is 29.6 Å². The van der Waals surface area contributed by atoms with Crippen molar-refractivity contribution in [3.63, 3.8) is 0 Å². The Kier molecular flexibility index (Phi) is 6.39. The third kappa shape index (κ3) is 4.77. The van der Waals surface area contributed by atoms with Crippen molar-refractivity contribution in [1.29, 1.82) is 0 Å². The van der Waals surface area contributed by atoms with Crippen molar-refractivity contribution in [2.75, 3.05) is 12.3 Å². The number of aromatic amines is 1. The van der Waals surface area contributed by atoms with Crippen molar-refractivity contribution >= 4 is 28.8 Å². The Morgan fingerprint density at radius 2 is 1.88 bits per heavy atom. The lowest BCUT2D eigenvalue weighted by Crippen LogP contribution is -2.28. The second kappa shape index (κ2) is 10.0. The molecule has 3 aliphatic carbocycles. The zero-order chi connectivity index (χ0) is 30.0. The van der Waals surface area contributed by atoms with E-state index in [9.17, 15) is 23.1 Å². The van der Waals surface area contributed by atoms with Gasteiger partial charge in [0.15, 0.2) is 0 Å². The Morgan fingerprint density at radius 1 is 1.12 bits per heavy atom. The first-order valence-corrected chi connectivity index (χ1v) is 14.1. The monoisotopic (exact) mass is 589 g/mol. The van der Waals surface area contributed by atoms with Gasteiger partial charge >= 0.3 is 6.18 Å². The molecular formula is C32H27F4N5O2. The number of rotatable bonds is 5. The molecule has 0 bridgehead atoms. The lowest BCUT2D eigenvalue weighted by atomic mass is 9.85. The molecule has 3 aromatic heterocycles. The van der Waals surface area contributed by atoms with E-state index in [1.54, 1.807) is 24.4 Å². The lowest BCUT2D eigenvalue weighted by molar-refractivity contribution is -0.137. The van der Waals surface area contributed by atoms with Gasteiger partial charge in [0.2, 0.25) is 5.95 Å². The van der Waals surface area contributed by atoms with Crippen LogP contribution in [0.1, 0.15) is 60.2 Å². The fraction of sp³-hybridized carbons (Fsp3) is 0.281. The van der Waals surface area contributed by atoms with Gasteiger partial charge in [-0.05, 0) is 72.2 Å². The number of anilines is 1. The number of nitrogen functional groups attached to an aromatic ring is 1. The van der Waals surface area contributed by atoms with Crippen LogP contribution in [-0.4, -0.2) is 31.2 Å². The summed E-state index contributed by atoms with van der Waals surface area (Å²) in [5.41, 5.74) is 9.45. The van der Waals surface area contributed by atoms with E-state index in [0.717, 1.165) is 30.5 Å². The molecule has 0 aliphatic heterocycles. The number of H-pyrrole nitrogens is 1. The molecular weight excluding hydrogens is 562 g/mol. The highest BCUT2D eigenvalue weighted by atomic mass is 19.4. The molecule has 4 N–H and O–H groups in total. The third-order valence-corrected chi connectivity index (χ3v) is 8.55. The number of aliphatic hydroxyl groups excluding tert-OH is 1. The number of fused-ring (bicyclic) bond motifs is 2. The van der Waals surface area contributed by atoms with Gasteiger partial charge in [-0.1, -0.05) is 29.9 Å². The first kappa shape index (κ1) is 27.3. The fourth-order valence-electron chi connectivity index (χ4n) is 6.26. The van der Waals surface area contributed by atoms with Crippen molar-refractivity contribution in [1.82, 2.24) is 19.5 Å². The van der Waals surface area contributed by atoms with Gasteiger partial charge in [-0.25, -0.2) is 9.37 Å². The van der Waals surface area contributed by atoms with Crippen molar-refractivity contribution in [2.24, 2.45) is 5.92 Å². The number of hydrogen-bond acceptors (Lipinski definition) is 5. The maximum absolute atomic E-state index is 15.4. The molecule has 11 heteroatoms. The minimum atomic E-state index is -4.45. The molecule has 4 aromatic rings. The number of nitrogens with zero attached hydrogens (tertiary/aromatic N) is 3. The van der Waals surface area contributed by atoms with Crippen LogP contribution in [0.5, 0.6) is 0 Å². The molecule has 3 aliphatic rings. The van der Waals surface area contributed by atoms with E-state index in [4.69, 9.17) is 5.73 Å². The van der Waals surface area contributed by atoms with Gasteiger partial charge < -0.3 is 15.8 Å². The van der Waals surface area contributed by atoms with Gasteiger partial charge in [0.25, 0.3) is 5.56 Å². The van der Waals surface area contributed by atoms with Crippen molar-refractivity contribution in [3.05, 3.63) is 98.6 Å². The van der Waals surface area contributed by atoms with Crippen LogP contribution in [0.4, 0.5) is 23.5 Å². The lowest BCUT2D eigenvalue weighted by Gasteiger charge is -2.26. The van der Waals surface area contributed by atoms with Crippen LogP contribution >= 0.6 is 0 Å². The second-order valence-corrected chi connectivity index (χ2v) is 11.3. The minimum Gasteiger partial charge on any atom is -0.392 e. The number of allylic oxidation sites excluding steroid dienone is 4. The van der Waals surface area contributed by atoms with Gasteiger partial charge in [-0.15, -0.1) is 0 Å². The second-order valence-electron chi connectivity index (χ2n) is 11.3. The molecule has 0 amide bonds. The van der Waals surface area contributed by atoms with Gasteiger partial charge in [0.1, 0.15) is 11.8 Å². The minimum absolute atomic E-state index is 0.0267. The van der Waals surface area contributed by atoms with Crippen LogP contribution < -0.4 is 11.3 Å². The van der Waals surface area contributed by atoms with Crippen LogP contribution in [0, 0.1) is 5.92 Å². The molecule has 7 rings (SSSR count).